The Hall–Kier alpha value is -1.64. The van der Waals surface area contributed by atoms with Crippen LogP contribution < -0.4 is 0 Å². The van der Waals surface area contributed by atoms with Crippen molar-refractivity contribution in [2.75, 3.05) is 0 Å². The summed E-state index contributed by atoms with van der Waals surface area (Å²) in [5.41, 5.74) is 1.17. The zero-order chi connectivity index (χ0) is 13.9. The third kappa shape index (κ3) is 1.58. The van der Waals surface area contributed by atoms with E-state index in [0.29, 0.717) is 11.1 Å². The molecule has 1 heterocycles. The summed E-state index contributed by atoms with van der Waals surface area (Å²) in [6.07, 6.45) is 4.57. The molecule has 2 atom stereocenters. The molecule has 1 aromatic carbocycles. The monoisotopic (exact) mass is 269 g/mol. The molecular formula is C17H19NO2. The molecule has 2 aliphatic carbocycles. The lowest BCUT2D eigenvalue weighted by atomic mass is 10.0. The Labute approximate surface area is 119 Å². The van der Waals surface area contributed by atoms with Gasteiger partial charge in [0, 0.05) is 6.04 Å². The highest BCUT2D eigenvalue weighted by Gasteiger charge is 2.47. The average molecular weight is 269 g/mol. The maximum Gasteiger partial charge on any atom is 0.261 e. The van der Waals surface area contributed by atoms with Gasteiger partial charge in [-0.1, -0.05) is 19.1 Å². The van der Waals surface area contributed by atoms with Crippen LogP contribution in [0.5, 0.6) is 0 Å². The molecule has 2 unspecified atom stereocenters. The van der Waals surface area contributed by atoms with Crippen molar-refractivity contribution in [2.24, 2.45) is 17.8 Å². The van der Waals surface area contributed by atoms with E-state index < -0.39 is 0 Å². The van der Waals surface area contributed by atoms with Crippen LogP contribution in [0.3, 0.4) is 0 Å². The van der Waals surface area contributed by atoms with Crippen LogP contribution in [-0.2, 0) is 0 Å². The van der Waals surface area contributed by atoms with Crippen LogP contribution in [0.15, 0.2) is 24.3 Å². The molecule has 3 heteroatoms. The highest BCUT2D eigenvalue weighted by molar-refractivity contribution is 6.21. The van der Waals surface area contributed by atoms with Crippen molar-refractivity contribution in [3.8, 4) is 0 Å². The van der Waals surface area contributed by atoms with Gasteiger partial charge < -0.3 is 0 Å². The van der Waals surface area contributed by atoms with Crippen LogP contribution >= 0.6 is 0 Å². The Morgan fingerprint density at radius 3 is 1.90 bits per heavy atom. The van der Waals surface area contributed by atoms with Gasteiger partial charge in [-0.3, -0.25) is 14.5 Å². The topological polar surface area (TPSA) is 37.4 Å². The second kappa shape index (κ2) is 4.18. The predicted molar refractivity (Wildman–Crippen MR) is 75.3 cm³/mol. The van der Waals surface area contributed by atoms with Crippen molar-refractivity contribution in [1.29, 1.82) is 0 Å². The largest absolute Gasteiger partial charge is 0.271 e. The van der Waals surface area contributed by atoms with Gasteiger partial charge in [-0.25, -0.2) is 0 Å². The quantitative estimate of drug-likeness (QED) is 0.735. The number of amides is 2. The van der Waals surface area contributed by atoms with Gasteiger partial charge in [0.15, 0.2) is 0 Å². The summed E-state index contributed by atoms with van der Waals surface area (Å²) in [5, 5.41) is 0. The Morgan fingerprint density at radius 1 is 0.900 bits per heavy atom. The van der Waals surface area contributed by atoms with E-state index in [1.54, 1.807) is 17.0 Å². The average Bonchev–Trinajstić information content (AvgIpc) is 3.02. The van der Waals surface area contributed by atoms with E-state index >= 15 is 0 Å². The molecular weight excluding hydrogens is 250 g/mol. The Bertz CT molecular complexity index is 545. The Kier molecular flexibility index (Phi) is 2.53. The van der Waals surface area contributed by atoms with E-state index in [1.165, 1.54) is 12.8 Å². The van der Waals surface area contributed by atoms with Crippen LogP contribution in [0.4, 0.5) is 0 Å². The maximum atomic E-state index is 12.5. The highest BCUT2D eigenvalue weighted by atomic mass is 16.2. The van der Waals surface area contributed by atoms with Gasteiger partial charge >= 0.3 is 0 Å². The van der Waals surface area contributed by atoms with Crippen molar-refractivity contribution in [3.05, 3.63) is 35.4 Å². The van der Waals surface area contributed by atoms with Gasteiger partial charge in [0.1, 0.15) is 0 Å². The van der Waals surface area contributed by atoms with Crippen molar-refractivity contribution >= 4 is 11.8 Å². The summed E-state index contributed by atoms with van der Waals surface area (Å²) < 4.78 is 0. The first-order valence-corrected chi connectivity index (χ1v) is 7.62. The molecule has 20 heavy (non-hydrogen) atoms. The number of fused-ring (bicyclic) bond motifs is 2. The first-order chi connectivity index (χ1) is 9.65. The zero-order valence-corrected chi connectivity index (χ0v) is 11.7. The number of imide groups is 1. The molecule has 0 saturated heterocycles. The van der Waals surface area contributed by atoms with Crippen molar-refractivity contribution < 1.29 is 9.59 Å². The minimum absolute atomic E-state index is 0.0800. The van der Waals surface area contributed by atoms with Gasteiger partial charge in [-0.15, -0.1) is 0 Å². The fourth-order valence-electron chi connectivity index (χ4n) is 4.64. The van der Waals surface area contributed by atoms with Crippen LogP contribution in [0.25, 0.3) is 0 Å². The summed E-state index contributed by atoms with van der Waals surface area (Å²) in [4.78, 5) is 26.5. The smallest absolute Gasteiger partial charge is 0.261 e. The molecule has 2 fully saturated rings. The van der Waals surface area contributed by atoms with Gasteiger partial charge in [-0.05, 0) is 55.6 Å². The van der Waals surface area contributed by atoms with Gasteiger partial charge in [0.05, 0.1) is 11.1 Å². The van der Waals surface area contributed by atoms with Crippen molar-refractivity contribution in [1.82, 2.24) is 4.90 Å². The van der Waals surface area contributed by atoms with Crippen LogP contribution in [-0.4, -0.2) is 22.8 Å². The third-order valence-corrected chi connectivity index (χ3v) is 5.42. The summed E-state index contributed by atoms with van der Waals surface area (Å²) in [7, 11) is 0. The zero-order valence-electron chi connectivity index (χ0n) is 11.7. The summed E-state index contributed by atoms with van der Waals surface area (Å²) in [6.45, 7) is 2.31. The van der Waals surface area contributed by atoms with Crippen LogP contribution in [0.1, 0.15) is 53.3 Å². The molecule has 0 aromatic heterocycles. The number of benzene rings is 1. The Morgan fingerprint density at radius 2 is 1.40 bits per heavy atom. The minimum Gasteiger partial charge on any atom is -0.271 e. The normalized spacial score (nSPS) is 35.5. The minimum atomic E-state index is -0.0800. The van der Waals surface area contributed by atoms with E-state index in [0.717, 1.165) is 30.6 Å². The summed E-state index contributed by atoms with van der Waals surface area (Å²) >= 11 is 0. The van der Waals surface area contributed by atoms with Crippen molar-refractivity contribution in [3.63, 3.8) is 0 Å². The molecule has 1 aromatic rings. The molecule has 0 bridgehead atoms. The lowest BCUT2D eigenvalue weighted by Crippen LogP contribution is -2.38. The number of nitrogens with zero attached hydrogens (tertiary/aromatic N) is 1. The molecule has 0 spiro atoms. The molecule has 0 radical (unpaired) electrons. The molecule has 2 amide bonds. The molecule has 3 nitrogen and oxygen atoms in total. The predicted octanol–water partition coefficient (Wildman–Crippen LogP) is 3.11. The number of hydrogen-bond acceptors (Lipinski definition) is 2. The van der Waals surface area contributed by atoms with E-state index in [-0.39, 0.29) is 17.9 Å². The van der Waals surface area contributed by atoms with Gasteiger partial charge in [-0.2, -0.15) is 0 Å². The number of hydrogen-bond donors (Lipinski definition) is 0. The fourth-order valence-corrected chi connectivity index (χ4v) is 4.64. The number of rotatable bonds is 1. The van der Waals surface area contributed by atoms with Gasteiger partial charge in [0.2, 0.25) is 0 Å². The van der Waals surface area contributed by atoms with Crippen molar-refractivity contribution in [2.45, 2.75) is 38.6 Å². The van der Waals surface area contributed by atoms with Crippen LogP contribution in [0, 0.1) is 17.8 Å². The van der Waals surface area contributed by atoms with E-state index in [1.807, 2.05) is 12.1 Å². The van der Waals surface area contributed by atoms with E-state index in [2.05, 4.69) is 6.92 Å². The molecule has 4 rings (SSSR count). The fraction of sp³-hybridized carbons (Fsp3) is 0.529. The number of carbonyl (C=O) groups is 2. The standard InChI is InChI=1S/C17H19NO2/c1-10-6-11-8-13(9-12(11)7-10)18-16(19)14-4-2-3-5-15(14)17(18)20/h2-5,10-13H,6-9H2,1H3. The molecule has 1 aliphatic heterocycles. The SMILES string of the molecule is CC1CC2CC(N3C(=O)c4ccccc4C3=O)CC2C1. The first kappa shape index (κ1) is 12.1. The van der Waals surface area contributed by atoms with E-state index in [4.69, 9.17) is 0 Å². The molecule has 104 valence electrons. The maximum absolute atomic E-state index is 12.5. The number of carbonyl (C=O) groups excluding carboxylic acids is 2. The van der Waals surface area contributed by atoms with E-state index in [9.17, 15) is 9.59 Å². The summed E-state index contributed by atoms with van der Waals surface area (Å²) in [6, 6.07) is 7.34. The highest BCUT2D eigenvalue weighted by Crippen LogP contribution is 2.48. The Balaban J connectivity index is 1.60. The molecule has 3 aliphatic rings. The first-order valence-electron chi connectivity index (χ1n) is 7.62. The molecule has 0 N–H and O–H groups in total. The van der Waals surface area contributed by atoms with Crippen LogP contribution in [0.2, 0.25) is 0 Å². The second-order valence-corrected chi connectivity index (χ2v) is 6.75. The summed E-state index contributed by atoms with van der Waals surface area (Å²) in [5.74, 6) is 2.10. The lowest BCUT2D eigenvalue weighted by molar-refractivity contribution is 0.0580. The molecule has 2 saturated carbocycles. The lowest BCUT2D eigenvalue weighted by Gasteiger charge is -2.23. The third-order valence-electron chi connectivity index (χ3n) is 5.42. The second-order valence-electron chi connectivity index (χ2n) is 6.75. The van der Waals surface area contributed by atoms with Gasteiger partial charge in [0.25, 0.3) is 11.8 Å².